The SMILES string of the molecule is CCCC/C(=N\N=C(N)N)c1cn(S(=O)(=O)CCCC)c2ccccc12. The molecule has 0 radical (unpaired) electrons. The Kier molecular flexibility index (Phi) is 6.79. The number of rotatable bonds is 9. The number of hydrogen-bond donors (Lipinski definition) is 2. The Bertz CT molecular complexity index is 909. The van der Waals surface area contributed by atoms with Gasteiger partial charge in [0, 0.05) is 17.1 Å². The minimum Gasteiger partial charge on any atom is -0.369 e. The number of hydrogen-bond acceptors (Lipinski definition) is 4. The van der Waals surface area contributed by atoms with Crippen molar-refractivity contribution in [3.05, 3.63) is 36.0 Å². The minimum absolute atomic E-state index is 0.108. The van der Waals surface area contributed by atoms with Crippen LogP contribution >= 0.6 is 0 Å². The predicted molar refractivity (Wildman–Crippen MR) is 108 cm³/mol. The summed E-state index contributed by atoms with van der Waals surface area (Å²) < 4.78 is 26.9. The van der Waals surface area contributed by atoms with Crippen LogP contribution in [0.5, 0.6) is 0 Å². The number of benzene rings is 1. The zero-order chi connectivity index (χ0) is 19.2. The first-order valence-corrected chi connectivity index (χ1v) is 10.5. The molecule has 0 saturated heterocycles. The van der Waals surface area contributed by atoms with Crippen molar-refractivity contribution >= 4 is 32.6 Å². The van der Waals surface area contributed by atoms with Crippen LogP contribution in [0.3, 0.4) is 0 Å². The number of fused-ring (bicyclic) bond motifs is 1. The fourth-order valence-corrected chi connectivity index (χ4v) is 4.31. The van der Waals surface area contributed by atoms with Crippen LogP contribution in [0.1, 0.15) is 51.5 Å². The molecule has 0 amide bonds. The normalized spacial score (nSPS) is 12.5. The van der Waals surface area contributed by atoms with E-state index in [4.69, 9.17) is 11.5 Å². The monoisotopic (exact) mass is 377 g/mol. The quantitative estimate of drug-likeness (QED) is 0.397. The van der Waals surface area contributed by atoms with E-state index in [1.807, 2.05) is 25.1 Å². The smallest absolute Gasteiger partial charge is 0.238 e. The third-order valence-corrected chi connectivity index (χ3v) is 5.80. The van der Waals surface area contributed by atoms with Gasteiger partial charge in [-0.2, -0.15) is 5.10 Å². The molecule has 0 fully saturated rings. The van der Waals surface area contributed by atoms with Gasteiger partial charge in [-0.25, -0.2) is 12.4 Å². The first kappa shape index (κ1) is 20.0. The Hall–Kier alpha value is -2.35. The first-order chi connectivity index (χ1) is 12.4. The molecule has 1 aromatic carbocycles. The standard InChI is InChI=1S/C18H27N5O2S/c1-3-5-10-16(21-22-18(19)20)15-13-23(26(24,25)12-6-4-2)17-11-8-7-9-14(15)17/h7-9,11,13H,3-6,10,12H2,1-2H3,(H4,19,20,22)/b21-16+. The highest BCUT2D eigenvalue weighted by atomic mass is 32.2. The Labute approximate surface area is 154 Å². The van der Waals surface area contributed by atoms with Crippen molar-refractivity contribution in [2.75, 3.05) is 5.75 Å². The second kappa shape index (κ2) is 8.84. The molecule has 0 aliphatic carbocycles. The molecule has 0 atom stereocenters. The number of nitrogens with zero attached hydrogens (tertiary/aromatic N) is 3. The van der Waals surface area contributed by atoms with E-state index in [1.54, 1.807) is 12.3 Å². The molecule has 2 aromatic rings. The molecule has 1 aromatic heterocycles. The van der Waals surface area contributed by atoms with Crippen molar-refractivity contribution in [2.24, 2.45) is 21.7 Å². The van der Waals surface area contributed by atoms with Crippen molar-refractivity contribution in [3.8, 4) is 0 Å². The van der Waals surface area contributed by atoms with E-state index >= 15 is 0 Å². The molecule has 0 saturated carbocycles. The van der Waals surface area contributed by atoms with Gasteiger partial charge in [-0.1, -0.05) is 44.9 Å². The van der Waals surface area contributed by atoms with Crippen molar-refractivity contribution in [1.29, 1.82) is 0 Å². The summed E-state index contributed by atoms with van der Waals surface area (Å²) in [5.41, 5.74) is 12.9. The van der Waals surface area contributed by atoms with E-state index in [1.165, 1.54) is 3.97 Å². The van der Waals surface area contributed by atoms with Gasteiger partial charge in [0.15, 0.2) is 0 Å². The van der Waals surface area contributed by atoms with Gasteiger partial charge in [0.2, 0.25) is 16.0 Å². The minimum atomic E-state index is -3.44. The number of aromatic nitrogens is 1. The first-order valence-electron chi connectivity index (χ1n) is 8.89. The van der Waals surface area contributed by atoms with Gasteiger partial charge in [0.25, 0.3) is 0 Å². The highest BCUT2D eigenvalue weighted by Gasteiger charge is 2.20. The summed E-state index contributed by atoms with van der Waals surface area (Å²) in [6.07, 6.45) is 5.63. The van der Waals surface area contributed by atoms with Crippen LogP contribution in [0.4, 0.5) is 0 Å². The molecule has 0 unspecified atom stereocenters. The highest BCUT2D eigenvalue weighted by Crippen LogP contribution is 2.26. The van der Waals surface area contributed by atoms with Gasteiger partial charge >= 0.3 is 0 Å². The second-order valence-electron chi connectivity index (χ2n) is 6.20. The van der Waals surface area contributed by atoms with Crippen LogP contribution in [0.2, 0.25) is 0 Å². The number of unbranched alkanes of at least 4 members (excludes halogenated alkanes) is 2. The Morgan fingerprint density at radius 2 is 1.77 bits per heavy atom. The van der Waals surface area contributed by atoms with Gasteiger partial charge in [0.05, 0.1) is 17.0 Å². The molecule has 26 heavy (non-hydrogen) atoms. The summed E-state index contributed by atoms with van der Waals surface area (Å²) in [7, 11) is -3.44. The zero-order valence-corrected chi connectivity index (χ0v) is 16.2. The largest absolute Gasteiger partial charge is 0.369 e. The highest BCUT2D eigenvalue weighted by molar-refractivity contribution is 7.90. The molecule has 1 heterocycles. The summed E-state index contributed by atoms with van der Waals surface area (Å²) in [4.78, 5) is 0. The molecule has 142 valence electrons. The number of para-hydroxylation sites is 1. The lowest BCUT2D eigenvalue weighted by molar-refractivity contribution is 0.585. The van der Waals surface area contributed by atoms with Crippen LogP contribution in [-0.4, -0.2) is 29.8 Å². The molecule has 0 bridgehead atoms. The van der Waals surface area contributed by atoms with Gasteiger partial charge in [-0.3, -0.25) is 0 Å². The summed E-state index contributed by atoms with van der Waals surface area (Å²) in [6.45, 7) is 4.05. The van der Waals surface area contributed by atoms with Crippen LogP contribution < -0.4 is 11.5 Å². The van der Waals surface area contributed by atoms with Gasteiger partial charge in [-0.15, -0.1) is 5.10 Å². The predicted octanol–water partition coefficient (Wildman–Crippen LogP) is 2.79. The van der Waals surface area contributed by atoms with Crippen molar-refractivity contribution in [3.63, 3.8) is 0 Å². The van der Waals surface area contributed by atoms with Crippen LogP contribution in [0.25, 0.3) is 10.9 Å². The maximum absolute atomic E-state index is 12.8. The fourth-order valence-electron chi connectivity index (χ4n) is 2.74. The lowest BCUT2D eigenvalue weighted by Crippen LogP contribution is -2.22. The summed E-state index contributed by atoms with van der Waals surface area (Å²) in [5.74, 6) is -0.0185. The summed E-state index contributed by atoms with van der Waals surface area (Å²) >= 11 is 0. The van der Waals surface area contributed by atoms with Crippen LogP contribution in [0, 0.1) is 0 Å². The molecule has 0 aliphatic heterocycles. The van der Waals surface area contributed by atoms with E-state index in [0.29, 0.717) is 24.1 Å². The lowest BCUT2D eigenvalue weighted by Gasteiger charge is -2.06. The van der Waals surface area contributed by atoms with Crippen molar-refractivity contribution in [2.45, 2.75) is 46.0 Å². The molecular weight excluding hydrogens is 350 g/mol. The van der Waals surface area contributed by atoms with Gasteiger partial charge < -0.3 is 11.5 Å². The van der Waals surface area contributed by atoms with E-state index in [0.717, 1.165) is 30.2 Å². The maximum Gasteiger partial charge on any atom is 0.238 e. The Morgan fingerprint density at radius 3 is 2.42 bits per heavy atom. The fraction of sp³-hybridized carbons (Fsp3) is 0.444. The maximum atomic E-state index is 12.8. The molecule has 8 heteroatoms. The summed E-state index contributed by atoms with van der Waals surface area (Å²) in [6, 6.07) is 7.41. The number of guanidine groups is 1. The topological polar surface area (TPSA) is 116 Å². The van der Waals surface area contributed by atoms with Crippen LogP contribution in [0.15, 0.2) is 40.7 Å². The van der Waals surface area contributed by atoms with Gasteiger partial charge in [0.1, 0.15) is 0 Å². The Morgan fingerprint density at radius 1 is 1.08 bits per heavy atom. The molecule has 2 rings (SSSR count). The van der Waals surface area contributed by atoms with E-state index in [2.05, 4.69) is 17.1 Å². The number of nitrogens with two attached hydrogens (primary N) is 2. The Balaban J connectivity index is 2.63. The molecular formula is C18H27N5O2S. The van der Waals surface area contributed by atoms with Crippen molar-refractivity contribution in [1.82, 2.24) is 3.97 Å². The molecule has 7 nitrogen and oxygen atoms in total. The average Bonchev–Trinajstić information content (AvgIpc) is 3.00. The van der Waals surface area contributed by atoms with Crippen LogP contribution in [-0.2, 0) is 10.0 Å². The lowest BCUT2D eigenvalue weighted by atomic mass is 10.0. The van der Waals surface area contributed by atoms with E-state index < -0.39 is 10.0 Å². The van der Waals surface area contributed by atoms with E-state index in [-0.39, 0.29) is 11.7 Å². The molecule has 4 N–H and O–H groups in total. The summed E-state index contributed by atoms with van der Waals surface area (Å²) in [5, 5.41) is 8.80. The zero-order valence-electron chi connectivity index (χ0n) is 15.4. The van der Waals surface area contributed by atoms with E-state index in [9.17, 15) is 8.42 Å². The molecule has 0 spiro atoms. The second-order valence-corrected chi connectivity index (χ2v) is 8.17. The average molecular weight is 378 g/mol. The molecule has 0 aliphatic rings. The third-order valence-electron chi connectivity index (χ3n) is 4.10. The van der Waals surface area contributed by atoms with Gasteiger partial charge in [-0.05, 0) is 25.3 Å². The van der Waals surface area contributed by atoms with Crippen molar-refractivity contribution < 1.29 is 8.42 Å². The third kappa shape index (κ3) is 4.63.